The zero-order chi connectivity index (χ0) is 50.5. The van der Waals surface area contributed by atoms with Gasteiger partial charge in [0.05, 0.1) is 32.3 Å². The average molecular weight is 925 g/mol. The Bertz CT molecular complexity index is 3170. The Labute approximate surface area is 412 Å². The monoisotopic (exact) mass is 924 g/mol. The topological polar surface area (TPSA) is 96.1 Å². The first kappa shape index (κ1) is 48.5. The largest absolute Gasteiger partial charge is 0.308 e. The van der Waals surface area contributed by atoms with Crippen molar-refractivity contribution in [1.82, 2.24) is 9.13 Å². The number of rotatable bonds is 6. The first-order chi connectivity index (χ1) is 32.9. The fourth-order valence-electron chi connectivity index (χ4n) is 8.56. The lowest BCUT2D eigenvalue weighted by Gasteiger charge is -2.27. The molecule has 0 unspecified atom stereocenters. The molecule has 2 heterocycles. The number of hydrogen-bond donors (Lipinski definition) is 0. The Morgan fingerprint density at radius 2 is 0.686 bits per heavy atom. The van der Waals surface area contributed by atoms with Crippen LogP contribution in [-0.4, -0.2) is 19.0 Å². The van der Waals surface area contributed by atoms with Gasteiger partial charge in [0.1, 0.15) is 0 Å². The van der Waals surface area contributed by atoms with Crippen LogP contribution < -0.4 is 0 Å². The van der Waals surface area contributed by atoms with Gasteiger partial charge in [0, 0.05) is 69.0 Å². The minimum Gasteiger partial charge on any atom is -0.308 e. The Kier molecular flexibility index (Phi) is 12.6. The summed E-state index contributed by atoms with van der Waals surface area (Å²) in [6.45, 7) is 27.1. The van der Waals surface area contributed by atoms with Crippen molar-refractivity contribution in [3.8, 4) is 57.6 Å². The fourth-order valence-corrected chi connectivity index (χ4v) is 8.56. The third-order valence-corrected chi connectivity index (χ3v) is 12.8. The molecule has 2 aromatic heterocycles. The predicted octanol–water partition coefficient (Wildman–Crippen LogP) is 15.6. The van der Waals surface area contributed by atoms with Gasteiger partial charge in [-0.1, -0.05) is 155 Å². The van der Waals surface area contributed by atoms with Crippen molar-refractivity contribution in [2.75, 3.05) is 0 Å². The predicted molar refractivity (Wildman–Crippen MR) is 286 cm³/mol. The number of aromatic nitrogens is 2. The number of non-ortho nitro benzene ring substituents is 2. The minimum atomic E-state index is -0.403. The summed E-state index contributed by atoms with van der Waals surface area (Å²) in [5.74, 6) is 13.5. The van der Waals surface area contributed by atoms with Gasteiger partial charge in [-0.25, -0.2) is 0 Å². The van der Waals surface area contributed by atoms with E-state index in [0.717, 1.165) is 56.0 Å². The van der Waals surface area contributed by atoms with E-state index >= 15 is 0 Å². The molecule has 0 aliphatic carbocycles. The lowest BCUT2D eigenvalue weighted by molar-refractivity contribution is -0.385. The summed E-state index contributed by atoms with van der Waals surface area (Å²) in [6.07, 6.45) is 0. The highest BCUT2D eigenvalue weighted by Gasteiger charge is 2.28. The van der Waals surface area contributed by atoms with Gasteiger partial charge in [-0.3, -0.25) is 20.2 Å². The van der Waals surface area contributed by atoms with Crippen molar-refractivity contribution in [3.05, 3.63) is 210 Å². The number of nitro groups is 2. The van der Waals surface area contributed by atoms with Crippen LogP contribution in [-0.2, 0) is 21.7 Å². The zero-order valence-corrected chi connectivity index (χ0v) is 42.3. The molecule has 8 heteroatoms. The number of benzene rings is 6. The summed E-state index contributed by atoms with van der Waals surface area (Å²) < 4.78 is 4.77. The molecule has 0 amide bonds. The van der Waals surface area contributed by atoms with E-state index in [4.69, 9.17) is 0 Å². The van der Waals surface area contributed by atoms with E-state index < -0.39 is 9.85 Å². The maximum Gasteiger partial charge on any atom is 0.269 e. The van der Waals surface area contributed by atoms with Crippen LogP contribution in [0.4, 0.5) is 11.4 Å². The van der Waals surface area contributed by atoms with Gasteiger partial charge in [-0.15, -0.1) is 0 Å². The fraction of sp³-hybridized carbons (Fsp3) is 0.258. The van der Waals surface area contributed by atoms with Crippen LogP contribution in [0.25, 0.3) is 44.9 Å². The molecule has 0 saturated carbocycles. The third kappa shape index (κ3) is 10.1. The van der Waals surface area contributed by atoms with Gasteiger partial charge in [0.2, 0.25) is 0 Å². The van der Waals surface area contributed by atoms with E-state index in [9.17, 15) is 20.2 Å². The molecule has 0 radical (unpaired) electrons. The van der Waals surface area contributed by atoms with E-state index in [2.05, 4.69) is 177 Å². The number of hydrogen-bond acceptors (Lipinski definition) is 4. The number of nitrogens with zero attached hydrogens (tertiary/aromatic N) is 4. The highest BCUT2D eigenvalue weighted by molar-refractivity contribution is 5.95. The Balaban J connectivity index is 1.50. The van der Waals surface area contributed by atoms with Crippen molar-refractivity contribution in [1.29, 1.82) is 0 Å². The van der Waals surface area contributed by atoms with Gasteiger partial charge >= 0.3 is 0 Å². The van der Waals surface area contributed by atoms with Crippen molar-refractivity contribution < 1.29 is 9.85 Å². The second kappa shape index (κ2) is 18.2. The zero-order valence-electron chi connectivity index (χ0n) is 42.3. The van der Waals surface area contributed by atoms with Crippen LogP contribution in [0.15, 0.2) is 146 Å². The summed E-state index contributed by atoms with van der Waals surface area (Å²) >= 11 is 0. The molecule has 8 aromatic rings. The molecular formula is C62H60N4O4. The van der Waals surface area contributed by atoms with Crippen LogP contribution in [0.1, 0.15) is 128 Å². The second-order valence-corrected chi connectivity index (χ2v) is 22.2. The van der Waals surface area contributed by atoms with E-state index in [1.165, 1.54) is 46.5 Å². The van der Waals surface area contributed by atoms with Crippen LogP contribution in [0.5, 0.6) is 0 Å². The molecule has 0 N–H and O–H groups in total. The van der Waals surface area contributed by atoms with E-state index in [1.807, 2.05) is 36.4 Å². The molecule has 0 spiro atoms. The summed E-state index contributed by atoms with van der Waals surface area (Å²) in [4.78, 5) is 22.1. The molecule has 0 atom stereocenters. The molecular weight excluding hydrogens is 865 g/mol. The molecule has 8 nitrogen and oxygen atoms in total. The summed E-state index contributed by atoms with van der Waals surface area (Å²) in [5, 5.41) is 22.9. The minimum absolute atomic E-state index is 0.0178. The van der Waals surface area contributed by atoms with Crippen molar-refractivity contribution in [2.45, 2.75) is 105 Å². The van der Waals surface area contributed by atoms with E-state index in [1.54, 1.807) is 24.3 Å². The molecule has 0 saturated heterocycles. The van der Waals surface area contributed by atoms with Gasteiger partial charge < -0.3 is 9.13 Å². The van der Waals surface area contributed by atoms with Crippen LogP contribution >= 0.6 is 0 Å². The van der Waals surface area contributed by atoms with Gasteiger partial charge in [-0.2, -0.15) is 0 Å². The van der Waals surface area contributed by atoms with Crippen LogP contribution in [0, 0.1) is 43.9 Å². The second-order valence-electron chi connectivity index (χ2n) is 22.2. The average Bonchev–Trinajstić information content (AvgIpc) is 3.85. The lowest BCUT2D eigenvalue weighted by atomic mass is 9.80. The SMILES string of the molecule is CC(C)(C)c1cc(-n2c(-c3ccccc3C#Cc3ccc([N+](=O)[O-])cc3)cc3c2cc(-c2ccccc2C#Cc2ccc([N+](=O)[O-])cc2)n3-c2cc(C(C)(C)C)cc(C(C)(C)C)c2)cc(C(C)(C)C)c1. The Morgan fingerprint density at radius 1 is 0.386 bits per heavy atom. The third-order valence-electron chi connectivity index (χ3n) is 12.8. The maximum atomic E-state index is 11.5. The first-order valence-corrected chi connectivity index (χ1v) is 23.7. The van der Waals surface area contributed by atoms with E-state index in [-0.39, 0.29) is 33.0 Å². The summed E-state index contributed by atoms with van der Waals surface area (Å²) in [6, 6.07) is 47.6. The van der Waals surface area contributed by atoms with Gasteiger partial charge in [-0.05, 0) is 117 Å². The quantitative estimate of drug-likeness (QED) is 0.0942. The van der Waals surface area contributed by atoms with Gasteiger partial charge in [0.15, 0.2) is 0 Å². The smallest absolute Gasteiger partial charge is 0.269 e. The highest BCUT2D eigenvalue weighted by Crippen LogP contribution is 2.43. The summed E-state index contributed by atoms with van der Waals surface area (Å²) in [5.41, 5.74) is 15.0. The van der Waals surface area contributed by atoms with Gasteiger partial charge in [0.25, 0.3) is 11.4 Å². The molecule has 6 aromatic carbocycles. The van der Waals surface area contributed by atoms with Crippen molar-refractivity contribution in [2.24, 2.45) is 0 Å². The molecule has 352 valence electrons. The summed E-state index contributed by atoms with van der Waals surface area (Å²) in [7, 11) is 0. The van der Waals surface area contributed by atoms with Crippen LogP contribution in [0.3, 0.4) is 0 Å². The van der Waals surface area contributed by atoms with Crippen molar-refractivity contribution in [3.63, 3.8) is 0 Å². The molecule has 8 rings (SSSR count). The number of nitro benzene ring substituents is 2. The molecule has 0 aliphatic heterocycles. The van der Waals surface area contributed by atoms with E-state index in [0.29, 0.717) is 11.1 Å². The standard InChI is InChI=1S/C62H60N4O4/c1-59(2,3)45-33-46(60(4,5)6)36-51(35-45)63-55(53-19-15-13-17-43(53)27-21-41-23-29-49(30-24-41)65(67)68)39-58-57(63)40-56(64(58)52-37-47(61(7,8)9)34-48(38-52)62(10,11)12)54-20-16-14-18-44(54)28-22-42-25-31-50(32-26-42)66(69)70/h13-20,23-26,29-40H,1-12H3. The molecule has 70 heavy (non-hydrogen) atoms. The Morgan fingerprint density at radius 3 is 0.971 bits per heavy atom. The molecule has 0 bridgehead atoms. The maximum absolute atomic E-state index is 11.5. The Hall–Kier alpha value is -7.94. The normalized spacial score (nSPS) is 12.0. The molecule has 0 aliphatic rings. The van der Waals surface area contributed by atoms with Crippen LogP contribution in [0.2, 0.25) is 0 Å². The van der Waals surface area contributed by atoms with Crippen molar-refractivity contribution >= 4 is 22.4 Å². The number of fused-ring (bicyclic) bond motifs is 1. The molecule has 0 fully saturated rings. The lowest BCUT2D eigenvalue weighted by Crippen LogP contribution is -2.17. The first-order valence-electron chi connectivity index (χ1n) is 23.7. The highest BCUT2D eigenvalue weighted by atomic mass is 16.6.